The molecule has 28 heavy (non-hydrogen) atoms. The number of Topliss-reactive ketones (excluding diaryl/α,β-unsaturated/α-hetero) is 1. The number of nitrogens with one attached hydrogen (secondary N) is 1. The van der Waals surface area contributed by atoms with Gasteiger partial charge in [0.1, 0.15) is 0 Å². The Morgan fingerprint density at radius 1 is 1.00 bits per heavy atom. The quantitative estimate of drug-likeness (QED) is 0.513. The number of carbonyl (C=O) groups is 2. The number of ketones is 1. The van der Waals surface area contributed by atoms with Gasteiger partial charge in [-0.1, -0.05) is 36.4 Å². The van der Waals surface area contributed by atoms with Gasteiger partial charge in [0.15, 0.2) is 11.6 Å². The Hall–Kier alpha value is -3.58. The first kappa shape index (κ1) is 17.8. The molecule has 0 aliphatic heterocycles. The molecule has 0 unspecified atom stereocenters. The van der Waals surface area contributed by atoms with Crippen molar-refractivity contribution in [2.45, 2.75) is 6.92 Å². The van der Waals surface area contributed by atoms with Gasteiger partial charge in [0, 0.05) is 11.3 Å². The van der Waals surface area contributed by atoms with Crippen molar-refractivity contribution in [2.75, 3.05) is 5.32 Å². The number of hydrogen-bond donors (Lipinski definition) is 1. The molecule has 2 heterocycles. The minimum atomic E-state index is -0.437. The van der Waals surface area contributed by atoms with Gasteiger partial charge in [-0.15, -0.1) is 16.4 Å². The largest absolute Gasteiger partial charge is 0.319 e. The van der Waals surface area contributed by atoms with Crippen molar-refractivity contribution in [2.24, 2.45) is 0 Å². The lowest BCUT2D eigenvalue weighted by Gasteiger charge is -2.04. The van der Waals surface area contributed by atoms with Crippen LogP contribution in [0.1, 0.15) is 27.9 Å². The number of anilines is 1. The Morgan fingerprint density at radius 3 is 2.54 bits per heavy atom. The highest BCUT2D eigenvalue weighted by Gasteiger charge is 2.19. The number of para-hydroxylation sites is 1. The van der Waals surface area contributed by atoms with Crippen LogP contribution in [-0.4, -0.2) is 26.5 Å². The highest BCUT2D eigenvalue weighted by molar-refractivity contribution is 7.13. The highest BCUT2D eigenvalue weighted by Crippen LogP contribution is 2.25. The number of benzene rings is 2. The normalized spacial score (nSPS) is 10.6. The Morgan fingerprint density at radius 2 is 1.82 bits per heavy atom. The molecule has 7 heteroatoms. The lowest BCUT2D eigenvalue weighted by Crippen LogP contribution is -2.14. The fourth-order valence-electron chi connectivity index (χ4n) is 2.73. The topological polar surface area (TPSA) is 76.9 Å². The van der Waals surface area contributed by atoms with Crippen LogP contribution in [0, 0.1) is 0 Å². The molecule has 4 aromatic rings. The molecule has 2 aromatic heterocycles. The fourth-order valence-corrected chi connectivity index (χ4v) is 3.42. The highest BCUT2D eigenvalue weighted by atomic mass is 32.1. The maximum absolute atomic E-state index is 12.7. The number of rotatable bonds is 5. The van der Waals surface area contributed by atoms with Crippen molar-refractivity contribution >= 4 is 28.7 Å². The van der Waals surface area contributed by atoms with Gasteiger partial charge >= 0.3 is 0 Å². The summed E-state index contributed by atoms with van der Waals surface area (Å²) in [5.41, 5.74) is 1.86. The summed E-state index contributed by atoms with van der Waals surface area (Å²) in [6.45, 7) is 1.48. The van der Waals surface area contributed by atoms with E-state index >= 15 is 0 Å². The molecular weight excluding hydrogens is 372 g/mol. The van der Waals surface area contributed by atoms with Crippen LogP contribution in [0.25, 0.3) is 16.4 Å². The van der Waals surface area contributed by atoms with Gasteiger partial charge in [-0.2, -0.15) is 0 Å². The van der Waals surface area contributed by atoms with Crippen LogP contribution in [0.5, 0.6) is 0 Å². The minimum Gasteiger partial charge on any atom is -0.319 e. The summed E-state index contributed by atoms with van der Waals surface area (Å²) in [7, 11) is 0. The molecule has 1 N–H and O–H groups in total. The molecule has 0 aliphatic carbocycles. The number of thiophene rings is 1. The molecule has 138 valence electrons. The van der Waals surface area contributed by atoms with E-state index in [0.717, 1.165) is 10.6 Å². The standard InChI is InChI=1S/C21H16N4O2S/c1-14(26)15-7-5-8-16(13-15)22-21(27)19-23-20(18-11-6-12-28-18)25(24-19)17-9-3-2-4-10-17/h2-13H,1H3,(H,22,27). The number of aromatic nitrogens is 3. The van der Waals surface area contributed by atoms with E-state index in [0.29, 0.717) is 17.1 Å². The van der Waals surface area contributed by atoms with E-state index in [1.807, 2.05) is 47.8 Å². The van der Waals surface area contributed by atoms with Crippen molar-refractivity contribution in [3.05, 3.63) is 83.5 Å². The lowest BCUT2D eigenvalue weighted by molar-refractivity contribution is 0.100. The molecule has 0 aliphatic rings. The van der Waals surface area contributed by atoms with Crippen molar-refractivity contribution in [1.82, 2.24) is 14.8 Å². The smallest absolute Gasteiger partial charge is 0.295 e. The number of carbonyl (C=O) groups excluding carboxylic acids is 2. The van der Waals surface area contributed by atoms with Crippen LogP contribution < -0.4 is 5.32 Å². The summed E-state index contributed by atoms with van der Waals surface area (Å²) in [6.07, 6.45) is 0. The fraction of sp³-hybridized carbons (Fsp3) is 0.0476. The van der Waals surface area contributed by atoms with Crippen LogP contribution in [-0.2, 0) is 0 Å². The van der Waals surface area contributed by atoms with Gasteiger partial charge in [0.05, 0.1) is 10.6 Å². The third-order valence-corrected chi connectivity index (χ3v) is 4.95. The Kier molecular flexibility index (Phi) is 4.82. The molecule has 0 fully saturated rings. The maximum Gasteiger partial charge on any atom is 0.295 e. The van der Waals surface area contributed by atoms with Crippen molar-refractivity contribution in [3.8, 4) is 16.4 Å². The minimum absolute atomic E-state index is 0.0560. The zero-order valence-electron chi connectivity index (χ0n) is 15.0. The molecule has 2 aromatic carbocycles. The molecule has 0 spiro atoms. The van der Waals surface area contributed by atoms with E-state index in [1.165, 1.54) is 18.3 Å². The van der Waals surface area contributed by atoms with E-state index in [4.69, 9.17) is 0 Å². The number of amides is 1. The zero-order valence-corrected chi connectivity index (χ0v) is 15.8. The van der Waals surface area contributed by atoms with Crippen molar-refractivity contribution in [3.63, 3.8) is 0 Å². The maximum atomic E-state index is 12.7. The summed E-state index contributed by atoms with van der Waals surface area (Å²) in [6, 6.07) is 20.2. The van der Waals surface area contributed by atoms with Gasteiger partial charge in [-0.05, 0) is 42.6 Å². The second-order valence-corrected chi connectivity index (χ2v) is 7.02. The van der Waals surface area contributed by atoms with E-state index in [9.17, 15) is 9.59 Å². The SMILES string of the molecule is CC(=O)c1cccc(NC(=O)c2nc(-c3cccs3)n(-c3ccccc3)n2)c1. The summed E-state index contributed by atoms with van der Waals surface area (Å²) >= 11 is 1.53. The molecule has 1 amide bonds. The van der Waals surface area contributed by atoms with Gasteiger partial charge < -0.3 is 5.32 Å². The first-order valence-electron chi connectivity index (χ1n) is 8.60. The molecule has 0 bridgehead atoms. The van der Waals surface area contributed by atoms with Gasteiger partial charge in [-0.25, -0.2) is 9.67 Å². The van der Waals surface area contributed by atoms with Crippen LogP contribution in [0.3, 0.4) is 0 Å². The Bertz CT molecular complexity index is 1130. The molecular formula is C21H16N4O2S. The molecule has 0 atom stereocenters. The second-order valence-electron chi connectivity index (χ2n) is 6.07. The predicted octanol–water partition coefficient (Wildman–Crippen LogP) is 4.45. The average Bonchev–Trinajstić information content (AvgIpc) is 3.38. The molecule has 0 saturated carbocycles. The predicted molar refractivity (Wildman–Crippen MR) is 109 cm³/mol. The van der Waals surface area contributed by atoms with Gasteiger partial charge in [-0.3, -0.25) is 9.59 Å². The number of nitrogens with zero attached hydrogens (tertiary/aromatic N) is 3. The monoisotopic (exact) mass is 388 g/mol. The molecule has 4 rings (SSSR count). The summed E-state index contributed by atoms with van der Waals surface area (Å²) in [4.78, 5) is 29.7. The van der Waals surface area contributed by atoms with Crippen molar-refractivity contribution < 1.29 is 9.59 Å². The van der Waals surface area contributed by atoms with E-state index in [2.05, 4.69) is 15.4 Å². The van der Waals surface area contributed by atoms with E-state index < -0.39 is 5.91 Å². The van der Waals surface area contributed by atoms with Crippen molar-refractivity contribution in [1.29, 1.82) is 0 Å². The van der Waals surface area contributed by atoms with E-state index in [1.54, 1.807) is 28.9 Å². The van der Waals surface area contributed by atoms with Crippen LogP contribution in [0.4, 0.5) is 5.69 Å². The first-order valence-corrected chi connectivity index (χ1v) is 9.48. The van der Waals surface area contributed by atoms with Crippen LogP contribution in [0.15, 0.2) is 72.1 Å². The third-order valence-electron chi connectivity index (χ3n) is 4.08. The summed E-state index contributed by atoms with van der Waals surface area (Å²) in [5, 5.41) is 9.14. The Labute approximate surface area is 165 Å². The van der Waals surface area contributed by atoms with Crippen LogP contribution >= 0.6 is 11.3 Å². The molecule has 0 radical (unpaired) electrons. The van der Waals surface area contributed by atoms with Crippen LogP contribution in [0.2, 0.25) is 0 Å². The average molecular weight is 388 g/mol. The Balaban J connectivity index is 1.69. The van der Waals surface area contributed by atoms with Gasteiger partial charge in [0.25, 0.3) is 5.91 Å². The first-order chi connectivity index (χ1) is 13.6. The molecule has 0 saturated heterocycles. The van der Waals surface area contributed by atoms with Gasteiger partial charge in [0.2, 0.25) is 5.82 Å². The molecule has 6 nitrogen and oxygen atoms in total. The van der Waals surface area contributed by atoms with E-state index in [-0.39, 0.29) is 11.6 Å². The second kappa shape index (κ2) is 7.58. The number of hydrogen-bond acceptors (Lipinski definition) is 5. The zero-order chi connectivity index (χ0) is 19.5. The summed E-state index contributed by atoms with van der Waals surface area (Å²) in [5.74, 6) is 0.153. The summed E-state index contributed by atoms with van der Waals surface area (Å²) < 4.78 is 1.66. The lowest BCUT2D eigenvalue weighted by atomic mass is 10.1. The third kappa shape index (κ3) is 3.60.